The molecular weight excluding hydrogens is 386 g/mol. The van der Waals surface area contributed by atoms with E-state index in [1.54, 1.807) is 6.20 Å². The van der Waals surface area contributed by atoms with Crippen LogP contribution in [0.3, 0.4) is 0 Å². The van der Waals surface area contributed by atoms with Crippen molar-refractivity contribution in [1.82, 2.24) is 15.0 Å². The second-order valence-corrected chi connectivity index (χ2v) is 7.96. The lowest BCUT2D eigenvalue weighted by molar-refractivity contribution is -0.385. The molecule has 3 rings (SSSR count). The molecule has 162 valence electrons. The molecule has 0 bridgehead atoms. The number of nitrogens with one attached hydrogen (secondary N) is 1. The van der Waals surface area contributed by atoms with Crippen LogP contribution in [0.2, 0.25) is 0 Å². The second kappa shape index (κ2) is 9.66. The molecule has 0 unspecified atom stereocenters. The van der Waals surface area contributed by atoms with Crippen molar-refractivity contribution in [2.45, 2.75) is 64.6 Å². The van der Waals surface area contributed by atoms with Gasteiger partial charge < -0.3 is 21.5 Å². The first-order valence-corrected chi connectivity index (χ1v) is 10.2. The van der Waals surface area contributed by atoms with Gasteiger partial charge in [-0.3, -0.25) is 10.1 Å². The number of hydrogen-bond donors (Lipinski definition) is 3. The van der Waals surface area contributed by atoms with Crippen LogP contribution in [0.15, 0.2) is 18.3 Å². The SMILES string of the molecule is CC(C)Oc1ncccc1CNc1nc(N)c([N+](=O)[O-])c(CC2CCC(N)CC2)n1. The molecule has 10 nitrogen and oxygen atoms in total. The van der Waals surface area contributed by atoms with Crippen molar-refractivity contribution in [2.75, 3.05) is 11.1 Å². The molecule has 1 aliphatic carbocycles. The number of ether oxygens (including phenoxy) is 1. The van der Waals surface area contributed by atoms with Crippen LogP contribution in [0.25, 0.3) is 0 Å². The highest BCUT2D eigenvalue weighted by molar-refractivity contribution is 5.58. The van der Waals surface area contributed by atoms with Gasteiger partial charge in [-0.2, -0.15) is 4.98 Å². The lowest BCUT2D eigenvalue weighted by atomic mass is 9.83. The van der Waals surface area contributed by atoms with Crippen molar-refractivity contribution in [3.8, 4) is 5.88 Å². The van der Waals surface area contributed by atoms with E-state index < -0.39 is 4.92 Å². The van der Waals surface area contributed by atoms with E-state index in [-0.39, 0.29) is 29.6 Å². The number of nitrogens with two attached hydrogens (primary N) is 2. The molecule has 5 N–H and O–H groups in total. The molecule has 0 aliphatic heterocycles. The molecule has 0 atom stereocenters. The number of rotatable bonds is 8. The Morgan fingerprint density at radius 1 is 1.30 bits per heavy atom. The van der Waals surface area contributed by atoms with Crippen LogP contribution in [0.5, 0.6) is 5.88 Å². The summed E-state index contributed by atoms with van der Waals surface area (Å²) in [5, 5.41) is 14.7. The van der Waals surface area contributed by atoms with E-state index in [0.717, 1.165) is 31.2 Å². The van der Waals surface area contributed by atoms with Gasteiger partial charge in [0.25, 0.3) is 0 Å². The van der Waals surface area contributed by atoms with Gasteiger partial charge in [-0.25, -0.2) is 9.97 Å². The standard InChI is InChI=1S/C20H29N7O3/c1-12(2)30-19-14(4-3-9-23-19)11-24-20-25-16(17(27(28)29)18(22)26-20)10-13-5-7-15(21)8-6-13/h3-4,9,12-13,15H,5-8,10-11,21H2,1-2H3,(H3,22,24,25,26). The zero-order chi connectivity index (χ0) is 21.7. The Balaban J connectivity index is 1.79. The molecule has 0 amide bonds. The molecule has 0 saturated heterocycles. The average molecular weight is 415 g/mol. The van der Waals surface area contributed by atoms with Gasteiger partial charge in [0.1, 0.15) is 5.69 Å². The first-order valence-electron chi connectivity index (χ1n) is 10.2. The van der Waals surface area contributed by atoms with E-state index >= 15 is 0 Å². The lowest BCUT2D eigenvalue weighted by Gasteiger charge is -2.25. The Morgan fingerprint density at radius 2 is 2.03 bits per heavy atom. The van der Waals surface area contributed by atoms with Crippen LogP contribution in [-0.4, -0.2) is 32.0 Å². The molecule has 10 heteroatoms. The monoisotopic (exact) mass is 415 g/mol. The van der Waals surface area contributed by atoms with E-state index in [2.05, 4.69) is 20.3 Å². The highest BCUT2D eigenvalue weighted by Gasteiger charge is 2.27. The van der Waals surface area contributed by atoms with Crippen LogP contribution in [0.4, 0.5) is 17.5 Å². The Bertz CT molecular complexity index is 883. The fourth-order valence-corrected chi connectivity index (χ4v) is 3.67. The molecule has 1 aliphatic rings. The van der Waals surface area contributed by atoms with Crippen LogP contribution in [-0.2, 0) is 13.0 Å². The third kappa shape index (κ3) is 5.53. The second-order valence-electron chi connectivity index (χ2n) is 7.96. The number of hydrogen-bond acceptors (Lipinski definition) is 9. The van der Waals surface area contributed by atoms with Crippen LogP contribution in [0.1, 0.15) is 50.8 Å². The zero-order valence-electron chi connectivity index (χ0n) is 17.4. The summed E-state index contributed by atoms with van der Waals surface area (Å²) in [6.45, 7) is 4.21. The molecule has 1 saturated carbocycles. The van der Waals surface area contributed by atoms with E-state index in [1.165, 1.54) is 0 Å². The molecular formula is C20H29N7O3. The minimum atomic E-state index is -0.501. The van der Waals surface area contributed by atoms with Crippen molar-refractivity contribution >= 4 is 17.5 Å². The van der Waals surface area contributed by atoms with E-state index in [4.69, 9.17) is 16.2 Å². The van der Waals surface area contributed by atoms with Gasteiger partial charge in [0.15, 0.2) is 0 Å². The summed E-state index contributed by atoms with van der Waals surface area (Å²) < 4.78 is 5.72. The first-order chi connectivity index (χ1) is 14.3. The highest BCUT2D eigenvalue weighted by Crippen LogP contribution is 2.32. The highest BCUT2D eigenvalue weighted by atomic mass is 16.6. The van der Waals surface area contributed by atoms with Crippen molar-refractivity contribution < 1.29 is 9.66 Å². The third-order valence-corrected chi connectivity index (χ3v) is 5.17. The summed E-state index contributed by atoms with van der Waals surface area (Å²) in [4.78, 5) is 23.8. The molecule has 0 radical (unpaired) electrons. The summed E-state index contributed by atoms with van der Waals surface area (Å²) >= 11 is 0. The Labute approximate surface area is 175 Å². The quantitative estimate of drug-likeness (QED) is 0.436. The van der Waals surface area contributed by atoms with E-state index in [0.29, 0.717) is 30.5 Å². The van der Waals surface area contributed by atoms with Gasteiger partial charge in [-0.1, -0.05) is 6.07 Å². The summed E-state index contributed by atoms with van der Waals surface area (Å²) in [6.07, 6.45) is 5.83. The van der Waals surface area contributed by atoms with Gasteiger partial charge in [-0.15, -0.1) is 0 Å². The fraction of sp³-hybridized carbons (Fsp3) is 0.550. The zero-order valence-corrected chi connectivity index (χ0v) is 17.4. The van der Waals surface area contributed by atoms with E-state index in [1.807, 2.05) is 26.0 Å². The molecule has 2 heterocycles. The summed E-state index contributed by atoms with van der Waals surface area (Å²) in [5.41, 5.74) is 12.9. The Hall–Kier alpha value is -3.01. The minimum Gasteiger partial charge on any atom is -0.475 e. The first kappa shape index (κ1) is 21.7. The predicted octanol–water partition coefficient (Wildman–Crippen LogP) is 2.82. The molecule has 0 aromatic carbocycles. The Kier molecular flexibility index (Phi) is 6.99. The van der Waals surface area contributed by atoms with Crippen molar-refractivity contribution in [3.05, 3.63) is 39.7 Å². The smallest absolute Gasteiger partial charge is 0.332 e. The van der Waals surface area contributed by atoms with Gasteiger partial charge in [0, 0.05) is 24.3 Å². The fourth-order valence-electron chi connectivity index (χ4n) is 3.67. The number of pyridine rings is 1. The lowest BCUT2D eigenvalue weighted by Crippen LogP contribution is -2.27. The predicted molar refractivity (Wildman–Crippen MR) is 114 cm³/mol. The number of aromatic nitrogens is 3. The number of nitrogens with zero attached hydrogens (tertiary/aromatic N) is 4. The normalized spacial score (nSPS) is 18.9. The average Bonchev–Trinajstić information content (AvgIpc) is 2.68. The van der Waals surface area contributed by atoms with Crippen molar-refractivity contribution in [1.29, 1.82) is 0 Å². The molecule has 1 fully saturated rings. The van der Waals surface area contributed by atoms with Crippen LogP contribution >= 0.6 is 0 Å². The van der Waals surface area contributed by atoms with E-state index in [9.17, 15) is 10.1 Å². The van der Waals surface area contributed by atoms with Gasteiger partial charge >= 0.3 is 5.69 Å². The molecule has 30 heavy (non-hydrogen) atoms. The topological polar surface area (TPSA) is 155 Å². The Morgan fingerprint density at radius 3 is 2.70 bits per heavy atom. The number of nitro groups is 1. The molecule has 0 spiro atoms. The maximum absolute atomic E-state index is 11.6. The van der Waals surface area contributed by atoms with Crippen molar-refractivity contribution in [3.63, 3.8) is 0 Å². The van der Waals surface area contributed by atoms with Crippen molar-refractivity contribution in [2.24, 2.45) is 11.7 Å². The molecule has 2 aromatic rings. The van der Waals surface area contributed by atoms with Gasteiger partial charge in [0.2, 0.25) is 17.6 Å². The van der Waals surface area contributed by atoms with Crippen LogP contribution in [0, 0.1) is 16.0 Å². The van der Waals surface area contributed by atoms with Gasteiger partial charge in [0.05, 0.1) is 11.0 Å². The number of nitrogen functional groups attached to an aromatic ring is 1. The maximum atomic E-state index is 11.6. The maximum Gasteiger partial charge on any atom is 0.332 e. The minimum absolute atomic E-state index is 0.0138. The summed E-state index contributed by atoms with van der Waals surface area (Å²) in [7, 11) is 0. The summed E-state index contributed by atoms with van der Waals surface area (Å²) in [5.74, 6) is 0.938. The van der Waals surface area contributed by atoms with Gasteiger partial charge in [-0.05, 0) is 57.9 Å². The summed E-state index contributed by atoms with van der Waals surface area (Å²) in [6, 6.07) is 3.92. The third-order valence-electron chi connectivity index (χ3n) is 5.17. The largest absolute Gasteiger partial charge is 0.475 e. The number of anilines is 2. The van der Waals surface area contributed by atoms with Crippen LogP contribution < -0.4 is 21.5 Å². The molecule has 2 aromatic heterocycles.